The Morgan fingerprint density at radius 3 is 2.86 bits per heavy atom. The lowest BCUT2D eigenvalue weighted by Gasteiger charge is -2.20. The number of sulfonamides is 1. The van der Waals surface area contributed by atoms with Gasteiger partial charge in [-0.3, -0.25) is 4.72 Å². The van der Waals surface area contributed by atoms with E-state index in [4.69, 9.17) is 11.6 Å². The summed E-state index contributed by atoms with van der Waals surface area (Å²) in [7, 11) is -3.28. The van der Waals surface area contributed by atoms with Gasteiger partial charge in [-0.15, -0.1) is 0 Å². The van der Waals surface area contributed by atoms with Crippen LogP contribution in [0, 0.1) is 0 Å². The standard InChI is InChI=1S/C14H22ClN3O2S/c1-10(8-11-4-3-7-16-11)17-14-9-12(5-6-13(14)15)18-21(2,19)20/h5-6,9-11,16-18H,3-4,7-8H2,1-2H3. The minimum atomic E-state index is -3.28. The molecule has 1 aliphatic rings. The summed E-state index contributed by atoms with van der Waals surface area (Å²) in [5, 5.41) is 7.41. The molecule has 0 aliphatic carbocycles. The maximum absolute atomic E-state index is 11.3. The average molecular weight is 332 g/mol. The smallest absolute Gasteiger partial charge is 0.229 e. The topological polar surface area (TPSA) is 70.2 Å². The van der Waals surface area contributed by atoms with Crippen LogP contribution in [0.1, 0.15) is 26.2 Å². The molecule has 3 N–H and O–H groups in total. The fourth-order valence-electron chi connectivity index (χ4n) is 2.62. The van der Waals surface area contributed by atoms with Crippen molar-refractivity contribution in [2.24, 2.45) is 0 Å². The highest BCUT2D eigenvalue weighted by Crippen LogP contribution is 2.27. The van der Waals surface area contributed by atoms with E-state index >= 15 is 0 Å². The summed E-state index contributed by atoms with van der Waals surface area (Å²) in [4.78, 5) is 0. The van der Waals surface area contributed by atoms with Crippen LogP contribution in [0.5, 0.6) is 0 Å². The monoisotopic (exact) mass is 331 g/mol. The third-order valence-corrected chi connectivity index (χ3v) is 4.41. The molecule has 1 aromatic rings. The van der Waals surface area contributed by atoms with E-state index in [1.54, 1.807) is 18.2 Å². The Bertz CT molecular complexity index is 586. The Balaban J connectivity index is 2.02. The highest BCUT2D eigenvalue weighted by molar-refractivity contribution is 7.92. The number of halogens is 1. The van der Waals surface area contributed by atoms with Crippen LogP contribution < -0.4 is 15.4 Å². The second-order valence-electron chi connectivity index (χ2n) is 5.64. The van der Waals surface area contributed by atoms with E-state index in [-0.39, 0.29) is 6.04 Å². The normalized spacial score (nSPS) is 20.2. The second-order valence-corrected chi connectivity index (χ2v) is 7.80. The Morgan fingerprint density at radius 2 is 2.24 bits per heavy atom. The van der Waals surface area contributed by atoms with Crippen LogP contribution in [0.4, 0.5) is 11.4 Å². The van der Waals surface area contributed by atoms with Gasteiger partial charge in [0.25, 0.3) is 0 Å². The summed E-state index contributed by atoms with van der Waals surface area (Å²) in [5.41, 5.74) is 1.26. The van der Waals surface area contributed by atoms with Crippen molar-refractivity contribution in [1.29, 1.82) is 0 Å². The average Bonchev–Trinajstić information content (AvgIpc) is 2.84. The predicted octanol–water partition coefficient (Wildman–Crippen LogP) is 2.65. The first-order valence-electron chi connectivity index (χ1n) is 7.11. The van der Waals surface area contributed by atoms with Crippen LogP contribution in [-0.4, -0.2) is 33.3 Å². The third-order valence-electron chi connectivity index (χ3n) is 3.47. The van der Waals surface area contributed by atoms with Gasteiger partial charge in [0.2, 0.25) is 10.0 Å². The number of hydrogen-bond acceptors (Lipinski definition) is 4. The molecule has 0 bridgehead atoms. The molecule has 0 radical (unpaired) electrons. The van der Waals surface area contributed by atoms with Gasteiger partial charge in [0.15, 0.2) is 0 Å². The van der Waals surface area contributed by atoms with Gasteiger partial charge in [-0.25, -0.2) is 8.42 Å². The Hall–Kier alpha value is -0.980. The van der Waals surface area contributed by atoms with Crippen LogP contribution in [0.25, 0.3) is 0 Å². The predicted molar refractivity (Wildman–Crippen MR) is 88.6 cm³/mol. The molecule has 1 saturated heterocycles. The van der Waals surface area contributed by atoms with Gasteiger partial charge in [0, 0.05) is 12.1 Å². The van der Waals surface area contributed by atoms with Crippen molar-refractivity contribution in [3.05, 3.63) is 23.2 Å². The summed E-state index contributed by atoms with van der Waals surface area (Å²) < 4.78 is 25.0. The van der Waals surface area contributed by atoms with Crippen molar-refractivity contribution in [3.63, 3.8) is 0 Å². The van der Waals surface area contributed by atoms with E-state index in [2.05, 4.69) is 22.3 Å². The van der Waals surface area contributed by atoms with Crippen LogP contribution in [-0.2, 0) is 10.0 Å². The number of rotatable bonds is 6. The van der Waals surface area contributed by atoms with Crippen molar-refractivity contribution in [2.45, 2.75) is 38.3 Å². The van der Waals surface area contributed by atoms with E-state index in [0.29, 0.717) is 16.8 Å². The van der Waals surface area contributed by atoms with Gasteiger partial charge >= 0.3 is 0 Å². The maximum Gasteiger partial charge on any atom is 0.229 e. The summed E-state index contributed by atoms with van der Waals surface area (Å²) in [6, 6.07) is 5.87. The molecule has 0 aromatic heterocycles. The van der Waals surface area contributed by atoms with Gasteiger partial charge in [-0.05, 0) is 50.9 Å². The molecule has 21 heavy (non-hydrogen) atoms. The maximum atomic E-state index is 11.3. The largest absolute Gasteiger partial charge is 0.381 e. The number of hydrogen-bond donors (Lipinski definition) is 3. The number of anilines is 2. The van der Waals surface area contributed by atoms with E-state index in [1.807, 2.05) is 0 Å². The summed E-state index contributed by atoms with van der Waals surface area (Å²) >= 11 is 6.17. The van der Waals surface area contributed by atoms with Crippen LogP contribution in [0.3, 0.4) is 0 Å². The zero-order chi connectivity index (χ0) is 15.5. The molecule has 5 nitrogen and oxygen atoms in total. The third kappa shape index (κ3) is 5.37. The molecule has 2 unspecified atom stereocenters. The molecular formula is C14H22ClN3O2S. The van der Waals surface area contributed by atoms with Crippen LogP contribution >= 0.6 is 11.6 Å². The first-order chi connectivity index (χ1) is 9.83. The first kappa shape index (κ1) is 16.4. The summed E-state index contributed by atoms with van der Waals surface area (Å²) in [6.45, 7) is 3.19. The van der Waals surface area contributed by atoms with E-state index in [1.165, 1.54) is 12.8 Å². The molecule has 0 amide bonds. The molecule has 1 aliphatic heterocycles. The fourth-order valence-corrected chi connectivity index (χ4v) is 3.35. The number of benzene rings is 1. The molecular weight excluding hydrogens is 310 g/mol. The molecule has 118 valence electrons. The Morgan fingerprint density at radius 1 is 1.48 bits per heavy atom. The molecule has 1 aromatic carbocycles. The van der Waals surface area contributed by atoms with Crippen molar-refractivity contribution in [2.75, 3.05) is 22.8 Å². The van der Waals surface area contributed by atoms with Crippen molar-refractivity contribution >= 4 is 33.0 Å². The summed E-state index contributed by atoms with van der Waals surface area (Å²) in [5.74, 6) is 0. The van der Waals surface area contributed by atoms with Gasteiger partial charge in [0.05, 0.1) is 22.7 Å². The quantitative estimate of drug-likeness (QED) is 0.749. The lowest BCUT2D eigenvalue weighted by atomic mass is 10.1. The van der Waals surface area contributed by atoms with Crippen LogP contribution in [0.2, 0.25) is 5.02 Å². The Kier molecular flexibility index (Phi) is 5.35. The Labute approximate surface area is 131 Å². The molecule has 7 heteroatoms. The van der Waals surface area contributed by atoms with Gasteiger partial charge in [-0.1, -0.05) is 11.6 Å². The van der Waals surface area contributed by atoms with Crippen molar-refractivity contribution in [3.8, 4) is 0 Å². The lowest BCUT2D eigenvalue weighted by molar-refractivity contribution is 0.523. The molecule has 2 atom stereocenters. The second kappa shape index (κ2) is 6.85. The molecule has 0 saturated carbocycles. The zero-order valence-electron chi connectivity index (χ0n) is 12.3. The first-order valence-corrected chi connectivity index (χ1v) is 9.38. The van der Waals surface area contributed by atoms with E-state index < -0.39 is 10.0 Å². The minimum absolute atomic E-state index is 0.256. The van der Waals surface area contributed by atoms with Gasteiger partial charge in [0.1, 0.15) is 0 Å². The van der Waals surface area contributed by atoms with E-state index in [0.717, 1.165) is 24.9 Å². The molecule has 1 heterocycles. The van der Waals surface area contributed by atoms with Gasteiger partial charge in [-0.2, -0.15) is 0 Å². The van der Waals surface area contributed by atoms with Crippen molar-refractivity contribution in [1.82, 2.24) is 5.32 Å². The highest BCUT2D eigenvalue weighted by atomic mass is 35.5. The molecule has 0 spiro atoms. The lowest BCUT2D eigenvalue weighted by Crippen LogP contribution is -2.29. The van der Waals surface area contributed by atoms with E-state index in [9.17, 15) is 8.42 Å². The number of nitrogens with one attached hydrogen (secondary N) is 3. The molecule has 2 rings (SSSR count). The van der Waals surface area contributed by atoms with Gasteiger partial charge < -0.3 is 10.6 Å². The van der Waals surface area contributed by atoms with Crippen LogP contribution in [0.15, 0.2) is 18.2 Å². The SMILES string of the molecule is CC(CC1CCCN1)Nc1cc(NS(C)(=O)=O)ccc1Cl. The molecule has 1 fully saturated rings. The fraction of sp³-hybridized carbons (Fsp3) is 0.571. The highest BCUT2D eigenvalue weighted by Gasteiger charge is 2.17. The minimum Gasteiger partial charge on any atom is -0.381 e. The van der Waals surface area contributed by atoms with Crippen molar-refractivity contribution < 1.29 is 8.42 Å². The summed E-state index contributed by atoms with van der Waals surface area (Å²) in [6.07, 6.45) is 4.57. The zero-order valence-corrected chi connectivity index (χ0v) is 13.9.